The van der Waals surface area contributed by atoms with Crippen LogP contribution in [-0.4, -0.2) is 27.7 Å². The van der Waals surface area contributed by atoms with E-state index in [2.05, 4.69) is 38.8 Å². The van der Waals surface area contributed by atoms with Gasteiger partial charge in [0.15, 0.2) is 0 Å². The minimum absolute atomic E-state index is 0.544. The largest absolute Gasteiger partial charge is 0.419 e. The van der Waals surface area contributed by atoms with Gasteiger partial charge in [-0.1, -0.05) is 6.07 Å². The van der Waals surface area contributed by atoms with Crippen LogP contribution in [-0.2, 0) is 6.54 Å². The van der Waals surface area contributed by atoms with E-state index in [0.717, 1.165) is 18.0 Å². The molecule has 22 heavy (non-hydrogen) atoms. The molecule has 114 valence electrons. The van der Waals surface area contributed by atoms with Crippen LogP contribution in [0.3, 0.4) is 0 Å². The number of hydrogen-bond acceptors (Lipinski definition) is 6. The van der Waals surface area contributed by atoms with Crippen LogP contribution in [0.5, 0.6) is 0 Å². The van der Waals surface area contributed by atoms with Gasteiger partial charge in [-0.15, -0.1) is 21.5 Å². The Kier molecular flexibility index (Phi) is 3.82. The average molecular weight is 331 g/mol. The van der Waals surface area contributed by atoms with Gasteiger partial charge in [-0.05, 0) is 53.1 Å². The zero-order chi connectivity index (χ0) is 14.9. The van der Waals surface area contributed by atoms with Gasteiger partial charge >= 0.3 is 0 Å². The molecule has 0 aromatic carbocycles. The van der Waals surface area contributed by atoms with Gasteiger partial charge in [-0.3, -0.25) is 4.90 Å². The highest BCUT2D eigenvalue weighted by molar-refractivity contribution is 7.13. The van der Waals surface area contributed by atoms with Gasteiger partial charge in [0.05, 0.1) is 11.4 Å². The predicted molar refractivity (Wildman–Crippen MR) is 89.2 cm³/mol. The second-order valence-corrected chi connectivity index (χ2v) is 7.47. The number of nitrogens with zero attached hydrogens (tertiary/aromatic N) is 3. The highest BCUT2D eigenvalue weighted by atomic mass is 32.1. The smallest absolute Gasteiger partial charge is 0.257 e. The molecule has 1 aliphatic rings. The maximum atomic E-state index is 5.81. The van der Waals surface area contributed by atoms with E-state index in [1.165, 1.54) is 12.0 Å². The van der Waals surface area contributed by atoms with Crippen LogP contribution in [0, 0.1) is 0 Å². The van der Waals surface area contributed by atoms with Gasteiger partial charge in [-0.2, -0.15) is 11.3 Å². The SMILES string of the molecule is CC1CC(c2ccsc2)CN1Cc1nnc(-c2cccs2)o1. The molecule has 0 N–H and O–H groups in total. The van der Waals surface area contributed by atoms with E-state index in [-0.39, 0.29) is 0 Å². The summed E-state index contributed by atoms with van der Waals surface area (Å²) in [7, 11) is 0. The molecule has 0 aliphatic carbocycles. The molecule has 2 unspecified atom stereocenters. The average Bonchev–Trinajstić information content (AvgIpc) is 3.28. The van der Waals surface area contributed by atoms with E-state index in [0.29, 0.717) is 23.7 Å². The van der Waals surface area contributed by atoms with E-state index in [1.807, 2.05) is 17.5 Å². The molecule has 2 atom stereocenters. The van der Waals surface area contributed by atoms with Gasteiger partial charge in [0.2, 0.25) is 5.89 Å². The molecule has 0 amide bonds. The van der Waals surface area contributed by atoms with Gasteiger partial charge < -0.3 is 4.42 Å². The number of thiophene rings is 2. The number of hydrogen-bond donors (Lipinski definition) is 0. The fourth-order valence-electron chi connectivity index (χ4n) is 3.06. The Labute approximate surface area is 137 Å². The number of aromatic nitrogens is 2. The molecule has 3 aromatic rings. The second-order valence-electron chi connectivity index (χ2n) is 5.75. The molecule has 1 aliphatic heterocycles. The van der Waals surface area contributed by atoms with Crippen molar-refractivity contribution in [3.63, 3.8) is 0 Å². The van der Waals surface area contributed by atoms with Gasteiger partial charge in [0.1, 0.15) is 0 Å². The monoisotopic (exact) mass is 331 g/mol. The zero-order valence-corrected chi connectivity index (χ0v) is 13.9. The van der Waals surface area contributed by atoms with Crippen molar-refractivity contribution < 1.29 is 4.42 Å². The summed E-state index contributed by atoms with van der Waals surface area (Å²) in [5.41, 5.74) is 1.46. The Morgan fingerprint density at radius 2 is 2.27 bits per heavy atom. The van der Waals surface area contributed by atoms with Crippen molar-refractivity contribution in [2.75, 3.05) is 6.54 Å². The quantitative estimate of drug-likeness (QED) is 0.717. The Balaban J connectivity index is 1.45. The third kappa shape index (κ3) is 2.74. The molecule has 4 rings (SSSR count). The van der Waals surface area contributed by atoms with Crippen LogP contribution < -0.4 is 0 Å². The summed E-state index contributed by atoms with van der Waals surface area (Å²) >= 11 is 3.40. The van der Waals surface area contributed by atoms with Crippen LogP contribution in [0.4, 0.5) is 0 Å². The maximum absolute atomic E-state index is 5.81. The molecule has 1 fully saturated rings. The zero-order valence-electron chi connectivity index (χ0n) is 12.3. The van der Waals surface area contributed by atoms with Crippen molar-refractivity contribution >= 4 is 22.7 Å². The summed E-state index contributed by atoms with van der Waals surface area (Å²) < 4.78 is 5.81. The first kappa shape index (κ1) is 14.1. The fourth-order valence-corrected chi connectivity index (χ4v) is 4.45. The summed E-state index contributed by atoms with van der Waals surface area (Å²) in [5.74, 6) is 1.97. The van der Waals surface area contributed by atoms with Crippen LogP contribution in [0.15, 0.2) is 38.8 Å². The summed E-state index contributed by atoms with van der Waals surface area (Å²) in [4.78, 5) is 3.47. The van der Waals surface area contributed by atoms with Crippen molar-refractivity contribution in [2.45, 2.75) is 31.8 Å². The molecular formula is C16H17N3OS2. The van der Waals surface area contributed by atoms with E-state index < -0.39 is 0 Å². The molecule has 3 aromatic heterocycles. The van der Waals surface area contributed by atoms with Crippen LogP contribution in [0.25, 0.3) is 10.8 Å². The van der Waals surface area contributed by atoms with E-state index >= 15 is 0 Å². The van der Waals surface area contributed by atoms with Crippen LogP contribution in [0.2, 0.25) is 0 Å². The first-order valence-electron chi connectivity index (χ1n) is 7.42. The Morgan fingerprint density at radius 3 is 3.05 bits per heavy atom. The minimum atomic E-state index is 0.544. The first-order chi connectivity index (χ1) is 10.8. The lowest BCUT2D eigenvalue weighted by atomic mass is 10.00. The standard InChI is InChI=1S/C16H17N3OS2/c1-11-7-13(12-4-6-21-10-12)8-19(11)9-15-17-18-16(20-15)14-3-2-5-22-14/h2-6,10-11,13H,7-9H2,1H3. The third-order valence-electron chi connectivity index (χ3n) is 4.26. The van der Waals surface area contributed by atoms with Gasteiger partial charge in [-0.25, -0.2) is 0 Å². The molecule has 4 heterocycles. The highest BCUT2D eigenvalue weighted by Gasteiger charge is 2.31. The predicted octanol–water partition coefficient (Wildman–Crippen LogP) is 4.24. The summed E-state index contributed by atoms with van der Waals surface area (Å²) in [6.07, 6.45) is 1.20. The highest BCUT2D eigenvalue weighted by Crippen LogP contribution is 2.33. The molecule has 6 heteroatoms. The van der Waals surface area contributed by atoms with Crippen molar-refractivity contribution in [3.8, 4) is 10.8 Å². The van der Waals surface area contributed by atoms with E-state index in [9.17, 15) is 0 Å². The second kappa shape index (κ2) is 5.95. The van der Waals surface area contributed by atoms with E-state index in [4.69, 9.17) is 4.42 Å². The van der Waals surface area contributed by atoms with Crippen molar-refractivity contribution in [2.24, 2.45) is 0 Å². The van der Waals surface area contributed by atoms with Gasteiger partial charge in [0, 0.05) is 12.6 Å². The van der Waals surface area contributed by atoms with Crippen molar-refractivity contribution in [1.82, 2.24) is 15.1 Å². The molecular weight excluding hydrogens is 314 g/mol. The lowest BCUT2D eigenvalue weighted by molar-refractivity contribution is 0.233. The summed E-state index contributed by atoms with van der Waals surface area (Å²) in [6.45, 7) is 4.08. The molecule has 0 radical (unpaired) electrons. The Morgan fingerprint density at radius 1 is 1.32 bits per heavy atom. The van der Waals surface area contributed by atoms with Crippen molar-refractivity contribution in [1.29, 1.82) is 0 Å². The minimum Gasteiger partial charge on any atom is -0.419 e. The van der Waals surface area contributed by atoms with Crippen molar-refractivity contribution in [3.05, 3.63) is 45.8 Å². The van der Waals surface area contributed by atoms with Crippen LogP contribution in [0.1, 0.15) is 30.7 Å². The number of rotatable bonds is 4. The summed E-state index contributed by atoms with van der Waals surface area (Å²) in [6, 6.07) is 6.79. The molecule has 0 saturated carbocycles. The lowest BCUT2D eigenvalue weighted by Gasteiger charge is -2.18. The van der Waals surface area contributed by atoms with Gasteiger partial charge in [0.25, 0.3) is 5.89 Å². The normalized spacial score (nSPS) is 22.4. The van der Waals surface area contributed by atoms with E-state index in [1.54, 1.807) is 22.7 Å². The lowest BCUT2D eigenvalue weighted by Crippen LogP contribution is -2.26. The Bertz CT molecular complexity index is 721. The fraction of sp³-hybridized carbons (Fsp3) is 0.375. The van der Waals surface area contributed by atoms with Crippen LogP contribution >= 0.6 is 22.7 Å². The first-order valence-corrected chi connectivity index (χ1v) is 9.24. The summed E-state index contributed by atoms with van der Waals surface area (Å²) in [5, 5.41) is 14.8. The molecule has 4 nitrogen and oxygen atoms in total. The molecule has 0 bridgehead atoms. The molecule has 1 saturated heterocycles. The number of likely N-dealkylation sites (tertiary alicyclic amines) is 1. The maximum Gasteiger partial charge on any atom is 0.257 e. The molecule has 0 spiro atoms. The third-order valence-corrected chi connectivity index (χ3v) is 5.81. The topological polar surface area (TPSA) is 42.2 Å². The Hall–Kier alpha value is -1.50.